The molecule has 2 N–H and O–H groups in total. The highest BCUT2D eigenvalue weighted by Gasteiger charge is 2.36. The largest absolute Gasteiger partial charge is 0.504 e. The molecular weight excluding hydrogens is 289 g/mol. The highest BCUT2D eigenvalue weighted by atomic mass is 79.9. The molecule has 17 heavy (non-hydrogen) atoms. The maximum Gasteiger partial charge on any atom is 0.175 e. The Bertz CT molecular complexity index is 445. The van der Waals surface area contributed by atoms with Gasteiger partial charge in [0.15, 0.2) is 11.5 Å². The number of nitrogens with one attached hydrogen (secondary N) is 1. The summed E-state index contributed by atoms with van der Waals surface area (Å²) in [5.41, 5.74) is -0.239. The van der Waals surface area contributed by atoms with Gasteiger partial charge in [0.1, 0.15) is 5.82 Å². The summed E-state index contributed by atoms with van der Waals surface area (Å²) in [4.78, 5) is 0. The minimum Gasteiger partial charge on any atom is -0.504 e. The number of phenolic OH excluding ortho intramolecular Hbond substituents is 1. The second kappa shape index (κ2) is 4.46. The van der Waals surface area contributed by atoms with Gasteiger partial charge in [0.05, 0.1) is 17.1 Å². The van der Waals surface area contributed by atoms with Gasteiger partial charge in [-0.05, 0) is 48.3 Å². The van der Waals surface area contributed by atoms with E-state index in [1.165, 1.54) is 13.2 Å². The van der Waals surface area contributed by atoms with Crippen LogP contribution in [0.25, 0.3) is 0 Å². The van der Waals surface area contributed by atoms with E-state index in [1.807, 2.05) is 6.92 Å². The summed E-state index contributed by atoms with van der Waals surface area (Å²) in [6.45, 7) is 2.72. The lowest BCUT2D eigenvalue weighted by atomic mass is 9.89. The minimum absolute atomic E-state index is 0.128. The van der Waals surface area contributed by atoms with E-state index in [4.69, 9.17) is 4.74 Å². The van der Waals surface area contributed by atoms with Gasteiger partial charge < -0.3 is 15.2 Å². The second-order valence-corrected chi connectivity index (χ2v) is 5.31. The molecule has 1 saturated heterocycles. The van der Waals surface area contributed by atoms with E-state index in [1.54, 1.807) is 0 Å². The standard InChI is InChI=1S/C12H15BrFNO2/c1-12(4-3-5-15-12)9-8(14)6-7(13)11(17-2)10(9)16/h6,15-16H,3-5H2,1-2H3. The molecular formula is C12H15BrFNO2. The molecule has 0 radical (unpaired) electrons. The summed E-state index contributed by atoms with van der Waals surface area (Å²) in [7, 11) is 1.45. The maximum absolute atomic E-state index is 14.0. The van der Waals surface area contributed by atoms with Gasteiger partial charge in [-0.2, -0.15) is 0 Å². The van der Waals surface area contributed by atoms with Crippen molar-refractivity contribution in [2.75, 3.05) is 13.7 Å². The van der Waals surface area contributed by atoms with E-state index in [0.717, 1.165) is 19.4 Å². The van der Waals surface area contributed by atoms with E-state index in [9.17, 15) is 9.50 Å². The molecule has 5 heteroatoms. The van der Waals surface area contributed by atoms with Crippen LogP contribution in [0.5, 0.6) is 11.5 Å². The Balaban J connectivity index is 2.60. The quantitative estimate of drug-likeness (QED) is 0.883. The lowest BCUT2D eigenvalue weighted by Gasteiger charge is -2.27. The van der Waals surface area contributed by atoms with Crippen molar-refractivity contribution in [2.45, 2.75) is 25.3 Å². The normalized spacial score (nSPS) is 24.0. The molecule has 0 aliphatic carbocycles. The monoisotopic (exact) mass is 303 g/mol. The fourth-order valence-corrected chi connectivity index (χ4v) is 2.97. The van der Waals surface area contributed by atoms with Gasteiger partial charge in [0.2, 0.25) is 0 Å². The SMILES string of the molecule is COc1c(Br)cc(F)c(C2(C)CCCN2)c1O. The zero-order chi connectivity index (χ0) is 12.6. The molecule has 0 spiro atoms. The number of halogens is 2. The maximum atomic E-state index is 14.0. The predicted octanol–water partition coefficient (Wildman–Crippen LogP) is 2.90. The van der Waals surface area contributed by atoms with Crippen molar-refractivity contribution >= 4 is 15.9 Å². The summed E-state index contributed by atoms with van der Waals surface area (Å²) >= 11 is 3.17. The Morgan fingerprint density at radius 2 is 2.29 bits per heavy atom. The number of rotatable bonds is 2. The van der Waals surface area contributed by atoms with Crippen molar-refractivity contribution in [2.24, 2.45) is 0 Å². The van der Waals surface area contributed by atoms with Crippen LogP contribution in [0.1, 0.15) is 25.3 Å². The van der Waals surface area contributed by atoms with Crippen molar-refractivity contribution in [3.8, 4) is 11.5 Å². The van der Waals surface area contributed by atoms with E-state index >= 15 is 0 Å². The van der Waals surface area contributed by atoms with Crippen molar-refractivity contribution in [3.63, 3.8) is 0 Å². The van der Waals surface area contributed by atoms with Crippen molar-refractivity contribution < 1.29 is 14.2 Å². The fraction of sp³-hybridized carbons (Fsp3) is 0.500. The molecule has 0 amide bonds. The van der Waals surface area contributed by atoms with Gasteiger partial charge in [0, 0.05) is 5.54 Å². The molecule has 1 aromatic carbocycles. The topological polar surface area (TPSA) is 41.5 Å². The van der Waals surface area contributed by atoms with Crippen LogP contribution in [0.3, 0.4) is 0 Å². The lowest BCUT2D eigenvalue weighted by molar-refractivity contribution is 0.338. The number of methoxy groups -OCH3 is 1. The third kappa shape index (κ3) is 2.02. The number of ether oxygens (including phenoxy) is 1. The summed E-state index contributed by atoms with van der Waals surface area (Å²) in [6.07, 6.45) is 1.76. The van der Waals surface area contributed by atoms with Crippen LogP contribution in [0.15, 0.2) is 10.5 Å². The van der Waals surface area contributed by atoms with Crippen LogP contribution in [-0.4, -0.2) is 18.8 Å². The van der Waals surface area contributed by atoms with Gasteiger partial charge >= 0.3 is 0 Å². The van der Waals surface area contributed by atoms with E-state index in [2.05, 4.69) is 21.2 Å². The molecule has 1 unspecified atom stereocenters. The molecule has 94 valence electrons. The molecule has 1 aliphatic rings. The van der Waals surface area contributed by atoms with Crippen LogP contribution < -0.4 is 10.1 Å². The molecule has 1 heterocycles. The van der Waals surface area contributed by atoms with E-state index in [-0.39, 0.29) is 17.1 Å². The van der Waals surface area contributed by atoms with Crippen LogP contribution in [0.2, 0.25) is 0 Å². The third-order valence-corrected chi connectivity index (χ3v) is 3.87. The molecule has 1 aliphatic heterocycles. The minimum atomic E-state index is -0.526. The molecule has 1 atom stereocenters. The van der Waals surface area contributed by atoms with Crippen molar-refractivity contribution in [3.05, 3.63) is 21.9 Å². The number of benzene rings is 1. The van der Waals surface area contributed by atoms with E-state index < -0.39 is 11.4 Å². The summed E-state index contributed by atoms with van der Waals surface area (Å²) in [6, 6.07) is 1.33. The Morgan fingerprint density at radius 1 is 1.59 bits per heavy atom. The molecule has 0 aromatic heterocycles. The summed E-state index contributed by atoms with van der Waals surface area (Å²) < 4.78 is 19.5. The smallest absolute Gasteiger partial charge is 0.175 e. The zero-order valence-electron chi connectivity index (χ0n) is 9.81. The predicted molar refractivity (Wildman–Crippen MR) is 66.9 cm³/mol. The highest BCUT2D eigenvalue weighted by Crippen LogP contribution is 2.45. The third-order valence-electron chi connectivity index (χ3n) is 3.29. The van der Waals surface area contributed by atoms with Crippen LogP contribution in [0, 0.1) is 5.82 Å². The average Bonchev–Trinajstić information content (AvgIpc) is 2.65. The molecule has 1 fully saturated rings. The Morgan fingerprint density at radius 3 is 2.82 bits per heavy atom. The summed E-state index contributed by atoms with van der Waals surface area (Å²) in [5.74, 6) is -0.278. The highest BCUT2D eigenvalue weighted by molar-refractivity contribution is 9.10. The van der Waals surface area contributed by atoms with Gasteiger partial charge in [-0.3, -0.25) is 0 Å². The Hall–Kier alpha value is -0.810. The second-order valence-electron chi connectivity index (χ2n) is 4.46. The molecule has 0 saturated carbocycles. The van der Waals surface area contributed by atoms with Crippen LogP contribution in [0.4, 0.5) is 4.39 Å². The first-order chi connectivity index (χ1) is 7.99. The number of hydrogen-bond acceptors (Lipinski definition) is 3. The fourth-order valence-electron chi connectivity index (χ4n) is 2.42. The van der Waals surface area contributed by atoms with Crippen molar-refractivity contribution in [1.29, 1.82) is 0 Å². The van der Waals surface area contributed by atoms with Crippen LogP contribution >= 0.6 is 15.9 Å². The first-order valence-corrected chi connectivity index (χ1v) is 6.29. The van der Waals surface area contributed by atoms with Gasteiger partial charge in [-0.1, -0.05) is 0 Å². The Kier molecular flexibility index (Phi) is 3.32. The number of hydrogen-bond donors (Lipinski definition) is 2. The van der Waals surface area contributed by atoms with Gasteiger partial charge in [-0.25, -0.2) is 4.39 Å². The van der Waals surface area contributed by atoms with Gasteiger partial charge in [-0.15, -0.1) is 0 Å². The number of aromatic hydroxyl groups is 1. The molecule has 1 aromatic rings. The first kappa shape index (κ1) is 12.6. The van der Waals surface area contributed by atoms with E-state index in [0.29, 0.717) is 4.47 Å². The van der Waals surface area contributed by atoms with Crippen molar-refractivity contribution in [1.82, 2.24) is 5.32 Å². The van der Waals surface area contributed by atoms with Gasteiger partial charge in [0.25, 0.3) is 0 Å². The van der Waals surface area contributed by atoms with Crippen LogP contribution in [-0.2, 0) is 5.54 Å². The zero-order valence-corrected chi connectivity index (χ0v) is 11.4. The number of phenols is 1. The lowest BCUT2D eigenvalue weighted by Crippen LogP contribution is -2.34. The average molecular weight is 304 g/mol. The molecule has 3 nitrogen and oxygen atoms in total. The molecule has 0 bridgehead atoms. The molecule has 2 rings (SSSR count). The summed E-state index contributed by atoms with van der Waals surface area (Å²) in [5, 5.41) is 13.4. The first-order valence-electron chi connectivity index (χ1n) is 5.50. The Labute approximate surface area is 108 Å².